The van der Waals surface area contributed by atoms with Gasteiger partial charge in [-0.1, -0.05) is 13.3 Å². The molecule has 2 heterocycles. The number of hydrogen-bond acceptors (Lipinski definition) is 2. The van der Waals surface area contributed by atoms with Gasteiger partial charge in [0.1, 0.15) is 0 Å². The SMILES string of the molecule is CCCC1CCC(CCC2CCC(C)OC2)NC1. The Balaban J connectivity index is 1.57. The lowest BCUT2D eigenvalue weighted by atomic mass is 9.87. The van der Waals surface area contributed by atoms with E-state index < -0.39 is 0 Å². The molecule has 0 aliphatic carbocycles. The van der Waals surface area contributed by atoms with Crippen LogP contribution in [0.25, 0.3) is 0 Å². The fourth-order valence-corrected chi connectivity index (χ4v) is 3.48. The highest BCUT2D eigenvalue weighted by Crippen LogP contribution is 2.26. The summed E-state index contributed by atoms with van der Waals surface area (Å²) in [6.07, 6.45) is 11.5. The molecule has 106 valence electrons. The van der Waals surface area contributed by atoms with Gasteiger partial charge in [-0.15, -0.1) is 0 Å². The summed E-state index contributed by atoms with van der Waals surface area (Å²) in [4.78, 5) is 0. The van der Waals surface area contributed by atoms with Gasteiger partial charge in [-0.2, -0.15) is 0 Å². The molecule has 2 rings (SSSR count). The lowest BCUT2D eigenvalue weighted by molar-refractivity contribution is -0.00845. The van der Waals surface area contributed by atoms with Gasteiger partial charge in [0.15, 0.2) is 0 Å². The highest BCUT2D eigenvalue weighted by Gasteiger charge is 2.23. The molecule has 1 N–H and O–H groups in total. The maximum atomic E-state index is 5.76. The van der Waals surface area contributed by atoms with E-state index in [0.717, 1.165) is 24.5 Å². The molecule has 2 aliphatic rings. The third-order valence-corrected chi connectivity index (χ3v) is 4.84. The number of piperidine rings is 1. The Morgan fingerprint density at radius 3 is 2.44 bits per heavy atom. The smallest absolute Gasteiger partial charge is 0.0547 e. The summed E-state index contributed by atoms with van der Waals surface area (Å²) in [6, 6.07) is 0.789. The van der Waals surface area contributed by atoms with Crippen LogP contribution in [0.2, 0.25) is 0 Å². The van der Waals surface area contributed by atoms with Crippen LogP contribution in [0.5, 0.6) is 0 Å². The van der Waals surface area contributed by atoms with Crippen LogP contribution in [-0.2, 0) is 4.74 Å². The van der Waals surface area contributed by atoms with Crippen molar-refractivity contribution in [3.8, 4) is 0 Å². The second-order valence-corrected chi connectivity index (χ2v) is 6.50. The van der Waals surface area contributed by atoms with Gasteiger partial charge in [-0.3, -0.25) is 0 Å². The molecule has 0 aromatic carbocycles. The molecule has 4 unspecified atom stereocenters. The third-order valence-electron chi connectivity index (χ3n) is 4.84. The van der Waals surface area contributed by atoms with Crippen LogP contribution in [-0.4, -0.2) is 25.3 Å². The maximum absolute atomic E-state index is 5.76. The minimum Gasteiger partial charge on any atom is -0.378 e. The summed E-state index contributed by atoms with van der Waals surface area (Å²) in [5.74, 6) is 1.78. The van der Waals surface area contributed by atoms with Crippen LogP contribution < -0.4 is 5.32 Å². The molecule has 0 aromatic heterocycles. The summed E-state index contributed by atoms with van der Waals surface area (Å²) >= 11 is 0. The topological polar surface area (TPSA) is 21.3 Å². The molecule has 0 radical (unpaired) electrons. The molecule has 0 amide bonds. The highest BCUT2D eigenvalue weighted by molar-refractivity contribution is 4.79. The molecule has 0 bridgehead atoms. The maximum Gasteiger partial charge on any atom is 0.0547 e. The van der Waals surface area contributed by atoms with E-state index in [1.807, 2.05) is 0 Å². The molecule has 0 aromatic rings. The van der Waals surface area contributed by atoms with E-state index in [1.165, 1.54) is 57.9 Å². The van der Waals surface area contributed by atoms with Crippen LogP contribution in [0.3, 0.4) is 0 Å². The van der Waals surface area contributed by atoms with E-state index in [2.05, 4.69) is 19.2 Å². The van der Waals surface area contributed by atoms with E-state index in [9.17, 15) is 0 Å². The first-order valence-corrected chi connectivity index (χ1v) is 8.13. The Morgan fingerprint density at radius 2 is 1.83 bits per heavy atom. The van der Waals surface area contributed by atoms with Crippen molar-refractivity contribution in [3.63, 3.8) is 0 Å². The van der Waals surface area contributed by atoms with Crippen molar-refractivity contribution in [1.82, 2.24) is 5.32 Å². The van der Waals surface area contributed by atoms with Crippen LogP contribution in [0.4, 0.5) is 0 Å². The van der Waals surface area contributed by atoms with E-state index >= 15 is 0 Å². The summed E-state index contributed by atoms with van der Waals surface area (Å²) in [5, 5.41) is 3.76. The van der Waals surface area contributed by atoms with Crippen molar-refractivity contribution < 1.29 is 4.74 Å². The first-order valence-electron chi connectivity index (χ1n) is 8.13. The molecule has 2 fully saturated rings. The fourth-order valence-electron chi connectivity index (χ4n) is 3.48. The van der Waals surface area contributed by atoms with E-state index in [4.69, 9.17) is 4.74 Å². The number of ether oxygens (including phenoxy) is 1. The average molecular weight is 253 g/mol. The predicted molar refractivity (Wildman–Crippen MR) is 76.8 cm³/mol. The zero-order valence-electron chi connectivity index (χ0n) is 12.3. The Bertz CT molecular complexity index is 215. The minimum atomic E-state index is 0.504. The van der Waals surface area contributed by atoms with Gasteiger partial charge in [0, 0.05) is 12.6 Å². The van der Waals surface area contributed by atoms with Gasteiger partial charge in [-0.25, -0.2) is 0 Å². The zero-order chi connectivity index (χ0) is 12.8. The van der Waals surface area contributed by atoms with Gasteiger partial charge < -0.3 is 10.1 Å². The molecule has 2 nitrogen and oxygen atoms in total. The number of nitrogens with one attached hydrogen (secondary N) is 1. The Labute approximate surface area is 113 Å². The first-order chi connectivity index (χ1) is 8.78. The van der Waals surface area contributed by atoms with Crippen molar-refractivity contribution in [2.45, 2.75) is 77.4 Å². The summed E-state index contributed by atoms with van der Waals surface area (Å²) in [6.45, 7) is 6.77. The van der Waals surface area contributed by atoms with E-state index in [1.54, 1.807) is 0 Å². The number of rotatable bonds is 5. The lowest BCUT2D eigenvalue weighted by Crippen LogP contribution is -2.39. The van der Waals surface area contributed by atoms with Crippen LogP contribution in [0.15, 0.2) is 0 Å². The average Bonchev–Trinajstić information content (AvgIpc) is 2.40. The summed E-state index contributed by atoms with van der Waals surface area (Å²) in [5.41, 5.74) is 0. The van der Waals surface area contributed by atoms with Gasteiger partial charge >= 0.3 is 0 Å². The second-order valence-electron chi connectivity index (χ2n) is 6.50. The Kier molecular flexibility index (Phi) is 5.97. The molecule has 2 saturated heterocycles. The monoisotopic (exact) mass is 253 g/mol. The molecule has 4 atom stereocenters. The number of hydrogen-bond donors (Lipinski definition) is 1. The third kappa shape index (κ3) is 4.55. The molecule has 0 saturated carbocycles. The minimum absolute atomic E-state index is 0.504. The molecule has 18 heavy (non-hydrogen) atoms. The fraction of sp³-hybridized carbons (Fsp3) is 1.00. The standard InChI is InChI=1S/C16H31NO/c1-3-4-14-7-9-16(17-11-14)10-8-15-6-5-13(2)18-12-15/h13-17H,3-12H2,1-2H3. The summed E-state index contributed by atoms with van der Waals surface area (Å²) < 4.78 is 5.76. The van der Waals surface area contributed by atoms with Gasteiger partial charge in [0.25, 0.3) is 0 Å². The van der Waals surface area contributed by atoms with Crippen molar-refractivity contribution in [3.05, 3.63) is 0 Å². The summed E-state index contributed by atoms with van der Waals surface area (Å²) in [7, 11) is 0. The Morgan fingerprint density at radius 1 is 1.00 bits per heavy atom. The molecule has 2 heteroatoms. The normalized spacial score (nSPS) is 37.7. The van der Waals surface area contributed by atoms with E-state index in [0.29, 0.717) is 6.10 Å². The molecule has 2 aliphatic heterocycles. The largest absolute Gasteiger partial charge is 0.378 e. The quantitative estimate of drug-likeness (QED) is 0.805. The van der Waals surface area contributed by atoms with Crippen LogP contribution in [0.1, 0.15) is 65.2 Å². The zero-order valence-corrected chi connectivity index (χ0v) is 12.3. The van der Waals surface area contributed by atoms with Crippen molar-refractivity contribution in [2.75, 3.05) is 13.2 Å². The Hall–Kier alpha value is -0.0800. The molecular formula is C16H31NO. The predicted octanol–water partition coefficient (Wildman–Crippen LogP) is 3.75. The van der Waals surface area contributed by atoms with E-state index in [-0.39, 0.29) is 0 Å². The van der Waals surface area contributed by atoms with Crippen LogP contribution >= 0.6 is 0 Å². The van der Waals surface area contributed by atoms with Crippen molar-refractivity contribution in [1.29, 1.82) is 0 Å². The van der Waals surface area contributed by atoms with Crippen LogP contribution in [0, 0.1) is 11.8 Å². The highest BCUT2D eigenvalue weighted by atomic mass is 16.5. The van der Waals surface area contributed by atoms with Crippen molar-refractivity contribution in [2.24, 2.45) is 11.8 Å². The molecular weight excluding hydrogens is 222 g/mol. The van der Waals surface area contributed by atoms with Gasteiger partial charge in [-0.05, 0) is 70.3 Å². The van der Waals surface area contributed by atoms with Crippen molar-refractivity contribution >= 4 is 0 Å². The molecule has 0 spiro atoms. The van der Waals surface area contributed by atoms with Gasteiger partial charge in [0.2, 0.25) is 0 Å². The lowest BCUT2D eigenvalue weighted by Gasteiger charge is -2.32. The second kappa shape index (κ2) is 7.49. The van der Waals surface area contributed by atoms with Gasteiger partial charge in [0.05, 0.1) is 6.10 Å². The first kappa shape index (κ1) is 14.3.